The summed E-state index contributed by atoms with van der Waals surface area (Å²) in [5, 5.41) is 8.50. The average Bonchev–Trinajstić information content (AvgIpc) is 3.45. The number of rotatable bonds is 5. The lowest BCUT2D eigenvalue weighted by atomic mass is 9.92. The minimum atomic E-state index is -3.98. The molecule has 0 radical (unpaired) electrons. The zero-order valence-corrected chi connectivity index (χ0v) is 20.3. The van der Waals surface area contributed by atoms with E-state index in [9.17, 15) is 18.0 Å². The number of nitrogens with zero attached hydrogens (tertiary/aromatic N) is 3. The van der Waals surface area contributed by atoms with Crippen molar-refractivity contribution in [2.45, 2.75) is 68.4 Å². The fourth-order valence-corrected chi connectivity index (χ4v) is 7.24. The van der Waals surface area contributed by atoms with Gasteiger partial charge in [0.1, 0.15) is 15.5 Å². The number of nitrogens with two attached hydrogens (primary N) is 1. The van der Waals surface area contributed by atoms with Crippen molar-refractivity contribution in [2.75, 3.05) is 13.1 Å². The van der Waals surface area contributed by atoms with Gasteiger partial charge in [-0.05, 0) is 57.4 Å². The van der Waals surface area contributed by atoms with E-state index in [0.717, 1.165) is 41.3 Å². The summed E-state index contributed by atoms with van der Waals surface area (Å²) in [5.41, 5.74) is 6.64. The predicted octanol–water partition coefficient (Wildman–Crippen LogP) is 1.60. The van der Waals surface area contributed by atoms with Crippen molar-refractivity contribution in [1.29, 1.82) is 0 Å². The lowest BCUT2D eigenvalue weighted by Crippen LogP contribution is -2.64. The van der Waals surface area contributed by atoms with Crippen LogP contribution in [-0.4, -0.2) is 65.9 Å². The second-order valence-electron chi connectivity index (χ2n) is 8.59. The third-order valence-corrected chi connectivity index (χ3v) is 9.49. The second kappa shape index (κ2) is 9.53. The van der Waals surface area contributed by atoms with Crippen LogP contribution >= 0.6 is 11.3 Å². The van der Waals surface area contributed by atoms with Crippen LogP contribution in [0.1, 0.15) is 53.9 Å². The molecular formula is C21H29N5O5S2. The fourth-order valence-electron chi connectivity index (χ4n) is 4.53. The topological polar surface area (TPSA) is 139 Å². The molecule has 180 valence electrons. The second-order valence-corrected chi connectivity index (χ2v) is 11.7. The molecule has 0 bridgehead atoms. The maximum Gasteiger partial charge on any atom is 0.261 e. The van der Waals surface area contributed by atoms with Crippen LogP contribution in [0.15, 0.2) is 26.2 Å². The Labute approximate surface area is 197 Å². The number of aromatic nitrogens is 1. The van der Waals surface area contributed by atoms with Crippen LogP contribution in [0, 0.1) is 13.8 Å². The Morgan fingerprint density at radius 1 is 1.21 bits per heavy atom. The monoisotopic (exact) mass is 495 g/mol. The van der Waals surface area contributed by atoms with Gasteiger partial charge in [0.15, 0.2) is 6.17 Å². The van der Waals surface area contributed by atoms with E-state index in [4.69, 9.17) is 10.3 Å². The highest BCUT2D eigenvalue weighted by Gasteiger charge is 2.46. The zero-order valence-electron chi connectivity index (χ0n) is 18.7. The van der Waals surface area contributed by atoms with E-state index in [1.807, 2.05) is 0 Å². The molecule has 0 spiro atoms. The van der Waals surface area contributed by atoms with E-state index in [2.05, 4.69) is 10.5 Å². The molecular weight excluding hydrogens is 466 g/mol. The van der Waals surface area contributed by atoms with E-state index in [1.54, 1.807) is 25.3 Å². The summed E-state index contributed by atoms with van der Waals surface area (Å²) in [4.78, 5) is 28.4. The van der Waals surface area contributed by atoms with E-state index in [1.165, 1.54) is 11.0 Å². The minimum absolute atomic E-state index is 0.110. The molecule has 3 heterocycles. The number of carbonyl (C=O) groups is 2. The van der Waals surface area contributed by atoms with Crippen molar-refractivity contribution in [3.63, 3.8) is 0 Å². The Morgan fingerprint density at radius 3 is 2.55 bits per heavy atom. The molecule has 1 aliphatic carbocycles. The normalized spacial score (nSPS) is 24.6. The molecule has 33 heavy (non-hydrogen) atoms. The van der Waals surface area contributed by atoms with Gasteiger partial charge in [-0.25, -0.2) is 8.42 Å². The SMILES string of the molecule is Cc1noc(C)c1C(=O)N1CCCN(S(=O)(=O)c2cccs2)C1C(=O)NC1CCC(N)CC1. The third-order valence-electron chi connectivity index (χ3n) is 6.26. The number of sulfonamides is 1. The highest BCUT2D eigenvalue weighted by Crippen LogP contribution is 2.29. The van der Waals surface area contributed by atoms with Crippen molar-refractivity contribution >= 4 is 33.2 Å². The number of hydrogen-bond donors (Lipinski definition) is 2. The first-order valence-corrected chi connectivity index (χ1v) is 13.4. The van der Waals surface area contributed by atoms with Gasteiger partial charge < -0.3 is 20.5 Å². The smallest absolute Gasteiger partial charge is 0.261 e. The predicted molar refractivity (Wildman–Crippen MR) is 122 cm³/mol. The molecule has 3 N–H and O–H groups in total. The van der Waals surface area contributed by atoms with Gasteiger partial charge in [0.25, 0.3) is 21.8 Å². The van der Waals surface area contributed by atoms with E-state index in [0.29, 0.717) is 17.9 Å². The molecule has 2 fully saturated rings. The van der Waals surface area contributed by atoms with Gasteiger partial charge in [-0.2, -0.15) is 4.31 Å². The van der Waals surface area contributed by atoms with Gasteiger partial charge in [0.05, 0.1) is 5.69 Å². The van der Waals surface area contributed by atoms with E-state index in [-0.39, 0.29) is 34.9 Å². The Morgan fingerprint density at radius 2 is 1.94 bits per heavy atom. The van der Waals surface area contributed by atoms with Gasteiger partial charge >= 0.3 is 0 Å². The number of carbonyl (C=O) groups excluding carboxylic acids is 2. The number of hydrogen-bond acceptors (Lipinski definition) is 8. The molecule has 1 atom stereocenters. The number of amides is 2. The summed E-state index contributed by atoms with van der Waals surface area (Å²) in [5.74, 6) is -0.644. The third kappa shape index (κ3) is 4.70. The highest BCUT2D eigenvalue weighted by molar-refractivity contribution is 7.91. The maximum atomic E-state index is 13.6. The number of thiophene rings is 1. The van der Waals surface area contributed by atoms with Crippen molar-refractivity contribution < 1.29 is 22.5 Å². The van der Waals surface area contributed by atoms with Crippen LogP contribution in [0.25, 0.3) is 0 Å². The van der Waals surface area contributed by atoms with Crippen LogP contribution in [0.4, 0.5) is 0 Å². The number of nitrogens with one attached hydrogen (secondary N) is 1. The molecule has 2 aromatic rings. The molecule has 10 nitrogen and oxygen atoms in total. The van der Waals surface area contributed by atoms with Gasteiger partial charge in [-0.1, -0.05) is 11.2 Å². The fraction of sp³-hybridized carbons (Fsp3) is 0.571. The molecule has 1 aliphatic heterocycles. The standard InChI is InChI=1S/C21H29N5O5S2/c1-13-18(14(2)31-24-13)21(28)25-10-4-11-26(33(29,30)17-5-3-12-32-17)20(25)19(27)23-16-8-6-15(22)7-9-16/h3,5,12,15-16,20H,4,6-11,22H2,1-2H3,(H,23,27). The summed E-state index contributed by atoms with van der Waals surface area (Å²) in [6.45, 7) is 3.65. The first kappa shape index (κ1) is 23.9. The van der Waals surface area contributed by atoms with E-state index < -0.39 is 28.0 Å². The van der Waals surface area contributed by atoms with Gasteiger partial charge in [-0.3, -0.25) is 9.59 Å². The summed E-state index contributed by atoms with van der Waals surface area (Å²) < 4.78 is 33.3. The first-order valence-electron chi connectivity index (χ1n) is 11.0. The van der Waals surface area contributed by atoms with Gasteiger partial charge in [-0.15, -0.1) is 11.3 Å². The van der Waals surface area contributed by atoms with Crippen LogP contribution < -0.4 is 11.1 Å². The number of aryl methyl sites for hydroxylation is 2. The quantitative estimate of drug-likeness (QED) is 0.642. The zero-order chi connectivity index (χ0) is 23.8. The minimum Gasteiger partial charge on any atom is -0.361 e. The Balaban J connectivity index is 1.69. The van der Waals surface area contributed by atoms with Crippen molar-refractivity contribution in [2.24, 2.45) is 5.73 Å². The maximum absolute atomic E-state index is 13.6. The van der Waals surface area contributed by atoms with Crippen LogP contribution in [0.5, 0.6) is 0 Å². The first-order chi connectivity index (χ1) is 15.7. The summed E-state index contributed by atoms with van der Waals surface area (Å²) in [6.07, 6.45) is 2.11. The lowest BCUT2D eigenvalue weighted by molar-refractivity contribution is -0.132. The van der Waals surface area contributed by atoms with Crippen LogP contribution in [0.3, 0.4) is 0 Å². The Bertz CT molecular complexity index is 1090. The summed E-state index contributed by atoms with van der Waals surface area (Å²) in [7, 11) is -3.98. The molecule has 4 rings (SSSR count). The summed E-state index contributed by atoms with van der Waals surface area (Å²) >= 11 is 1.08. The molecule has 0 aromatic carbocycles. The van der Waals surface area contributed by atoms with Gasteiger partial charge in [0.2, 0.25) is 0 Å². The summed E-state index contributed by atoms with van der Waals surface area (Å²) in [6, 6.07) is 3.16. The average molecular weight is 496 g/mol. The molecule has 2 aliphatic rings. The van der Waals surface area contributed by atoms with Crippen LogP contribution in [-0.2, 0) is 14.8 Å². The van der Waals surface area contributed by atoms with E-state index >= 15 is 0 Å². The van der Waals surface area contributed by atoms with Crippen molar-refractivity contribution in [1.82, 2.24) is 19.7 Å². The van der Waals surface area contributed by atoms with Crippen molar-refractivity contribution in [3.05, 3.63) is 34.5 Å². The lowest BCUT2D eigenvalue weighted by Gasteiger charge is -2.42. The van der Waals surface area contributed by atoms with Gasteiger partial charge in [0, 0.05) is 25.2 Å². The largest absolute Gasteiger partial charge is 0.361 e. The highest BCUT2D eigenvalue weighted by atomic mass is 32.2. The van der Waals surface area contributed by atoms with Crippen molar-refractivity contribution in [3.8, 4) is 0 Å². The molecule has 2 amide bonds. The molecule has 1 saturated heterocycles. The Kier molecular flexibility index (Phi) is 6.89. The molecule has 1 unspecified atom stereocenters. The van der Waals surface area contributed by atoms with Crippen LogP contribution in [0.2, 0.25) is 0 Å². The molecule has 1 saturated carbocycles. The molecule has 12 heteroatoms. The molecule has 2 aromatic heterocycles. The Hall–Kier alpha value is -2.28.